The second kappa shape index (κ2) is 11.3. The molecule has 1 heterocycles. The fourth-order valence-electron chi connectivity index (χ4n) is 3.20. The minimum Gasteiger partial charge on any atom is -0.488 e. The Bertz CT molecular complexity index is 765. The third-order valence-electron chi connectivity index (χ3n) is 4.95. The number of benzene rings is 1. The summed E-state index contributed by atoms with van der Waals surface area (Å²) in [5, 5.41) is 6.58. The molecule has 1 aromatic carbocycles. The van der Waals surface area contributed by atoms with Crippen molar-refractivity contribution in [1.29, 1.82) is 0 Å². The molecule has 1 atom stereocenters. The molecule has 7 nitrogen and oxygen atoms in total. The summed E-state index contributed by atoms with van der Waals surface area (Å²) in [4.78, 5) is 4.61. The van der Waals surface area contributed by atoms with Crippen molar-refractivity contribution < 1.29 is 17.5 Å². The van der Waals surface area contributed by atoms with Gasteiger partial charge >= 0.3 is 0 Å². The third-order valence-corrected chi connectivity index (χ3v) is 6.26. The lowest BCUT2D eigenvalue weighted by Crippen LogP contribution is -2.44. The molecule has 0 aromatic heterocycles. The molecule has 0 saturated carbocycles. The number of nitrogens with one attached hydrogen (secondary N) is 2. The van der Waals surface area contributed by atoms with E-state index in [1.807, 2.05) is 13.8 Å². The van der Waals surface area contributed by atoms with Crippen LogP contribution in [0.3, 0.4) is 0 Å². The Balaban J connectivity index is 1.85. The third kappa shape index (κ3) is 8.18. The first-order valence-corrected chi connectivity index (χ1v) is 12.1. The van der Waals surface area contributed by atoms with Gasteiger partial charge in [0.25, 0.3) is 0 Å². The predicted molar refractivity (Wildman–Crippen MR) is 114 cm³/mol. The molecular formula is C20H33FN4O3S. The van der Waals surface area contributed by atoms with Gasteiger partial charge in [0, 0.05) is 32.2 Å². The molecule has 1 saturated heterocycles. The van der Waals surface area contributed by atoms with Gasteiger partial charge in [-0.05, 0) is 44.2 Å². The van der Waals surface area contributed by atoms with E-state index in [1.165, 1.54) is 18.4 Å². The van der Waals surface area contributed by atoms with E-state index >= 15 is 0 Å². The average Bonchev–Trinajstić information content (AvgIpc) is 2.68. The Labute approximate surface area is 173 Å². The topological polar surface area (TPSA) is 83.0 Å². The van der Waals surface area contributed by atoms with Crippen LogP contribution in [0.15, 0.2) is 29.3 Å². The Morgan fingerprint density at radius 1 is 1.31 bits per heavy atom. The molecule has 1 aromatic rings. The van der Waals surface area contributed by atoms with Crippen LogP contribution >= 0.6 is 0 Å². The maximum atomic E-state index is 13.3. The van der Waals surface area contributed by atoms with Crippen molar-refractivity contribution in [3.8, 4) is 5.75 Å². The molecular weight excluding hydrogens is 395 g/mol. The van der Waals surface area contributed by atoms with Crippen LogP contribution in [-0.2, 0) is 10.0 Å². The number of aliphatic imine (C=N–C) groups is 1. The van der Waals surface area contributed by atoms with Crippen LogP contribution in [0.25, 0.3) is 0 Å². The summed E-state index contributed by atoms with van der Waals surface area (Å²) in [6.07, 6.45) is 3.53. The molecule has 0 radical (unpaired) electrons. The van der Waals surface area contributed by atoms with E-state index in [4.69, 9.17) is 4.74 Å². The number of halogens is 1. The fraction of sp³-hybridized carbons (Fsp3) is 0.650. The first-order chi connectivity index (χ1) is 13.8. The van der Waals surface area contributed by atoms with E-state index in [2.05, 4.69) is 15.6 Å². The van der Waals surface area contributed by atoms with Crippen molar-refractivity contribution in [2.75, 3.05) is 39.0 Å². The van der Waals surface area contributed by atoms with Gasteiger partial charge in [-0.1, -0.05) is 13.0 Å². The summed E-state index contributed by atoms with van der Waals surface area (Å²) in [6, 6.07) is 6.13. The van der Waals surface area contributed by atoms with E-state index in [9.17, 15) is 12.8 Å². The molecule has 0 spiro atoms. The van der Waals surface area contributed by atoms with Gasteiger partial charge in [0.15, 0.2) is 5.96 Å². The summed E-state index contributed by atoms with van der Waals surface area (Å²) < 4.78 is 44.0. The van der Waals surface area contributed by atoms with Crippen LogP contribution in [-0.4, -0.2) is 63.8 Å². The molecule has 164 valence electrons. The number of hydrogen-bond acceptors (Lipinski definition) is 4. The van der Waals surface area contributed by atoms with E-state index < -0.39 is 10.0 Å². The molecule has 1 unspecified atom stereocenters. The first kappa shape index (κ1) is 23.4. The SMILES string of the molecule is CCNC(=NCC(CC)Oc1cccc(F)c1)NCC1CCN(S(C)(=O)=O)CC1. The van der Waals surface area contributed by atoms with Crippen LogP contribution in [0, 0.1) is 11.7 Å². The summed E-state index contributed by atoms with van der Waals surface area (Å²) in [5.74, 6) is 1.29. The smallest absolute Gasteiger partial charge is 0.211 e. The van der Waals surface area contributed by atoms with Gasteiger partial charge in [-0.25, -0.2) is 22.1 Å². The molecule has 0 bridgehead atoms. The highest BCUT2D eigenvalue weighted by Gasteiger charge is 2.24. The van der Waals surface area contributed by atoms with Crippen LogP contribution in [0.2, 0.25) is 0 Å². The minimum absolute atomic E-state index is 0.148. The summed E-state index contributed by atoms with van der Waals surface area (Å²) >= 11 is 0. The van der Waals surface area contributed by atoms with Gasteiger partial charge in [-0.15, -0.1) is 0 Å². The van der Waals surface area contributed by atoms with E-state index in [0.29, 0.717) is 37.3 Å². The molecule has 2 N–H and O–H groups in total. The lowest BCUT2D eigenvalue weighted by atomic mass is 9.98. The van der Waals surface area contributed by atoms with Crippen molar-refractivity contribution in [2.45, 2.75) is 39.2 Å². The second-order valence-corrected chi connectivity index (χ2v) is 9.29. The maximum absolute atomic E-state index is 13.3. The molecule has 1 fully saturated rings. The minimum atomic E-state index is -3.10. The molecule has 0 aliphatic carbocycles. The summed E-state index contributed by atoms with van der Waals surface area (Å²) in [7, 11) is -3.10. The lowest BCUT2D eigenvalue weighted by Gasteiger charge is -2.30. The second-order valence-electron chi connectivity index (χ2n) is 7.31. The van der Waals surface area contributed by atoms with Crippen molar-refractivity contribution in [3.63, 3.8) is 0 Å². The number of hydrogen-bond donors (Lipinski definition) is 2. The normalized spacial score (nSPS) is 17.7. The van der Waals surface area contributed by atoms with E-state index in [1.54, 1.807) is 16.4 Å². The number of sulfonamides is 1. The highest BCUT2D eigenvalue weighted by atomic mass is 32.2. The van der Waals surface area contributed by atoms with Crippen LogP contribution in [0.1, 0.15) is 33.1 Å². The Morgan fingerprint density at radius 3 is 2.62 bits per heavy atom. The Hall–Kier alpha value is -1.87. The number of piperidine rings is 1. The van der Waals surface area contributed by atoms with Gasteiger partial charge in [-0.2, -0.15) is 0 Å². The van der Waals surface area contributed by atoms with Gasteiger partial charge < -0.3 is 15.4 Å². The van der Waals surface area contributed by atoms with Gasteiger partial charge in [-0.3, -0.25) is 0 Å². The maximum Gasteiger partial charge on any atom is 0.211 e. The van der Waals surface area contributed by atoms with E-state index in [-0.39, 0.29) is 11.9 Å². The van der Waals surface area contributed by atoms with Crippen molar-refractivity contribution in [1.82, 2.24) is 14.9 Å². The predicted octanol–water partition coefficient (Wildman–Crippen LogP) is 2.21. The summed E-state index contributed by atoms with van der Waals surface area (Å²) in [5.41, 5.74) is 0. The van der Waals surface area contributed by atoms with Crippen LogP contribution in [0.5, 0.6) is 5.75 Å². The zero-order valence-corrected chi connectivity index (χ0v) is 18.3. The molecule has 1 aliphatic heterocycles. The molecule has 0 amide bonds. The largest absolute Gasteiger partial charge is 0.488 e. The first-order valence-electron chi connectivity index (χ1n) is 10.2. The number of nitrogens with zero attached hydrogens (tertiary/aromatic N) is 2. The molecule has 29 heavy (non-hydrogen) atoms. The van der Waals surface area contributed by atoms with Crippen molar-refractivity contribution >= 4 is 16.0 Å². The summed E-state index contributed by atoms with van der Waals surface area (Å²) in [6.45, 7) is 7.08. The Morgan fingerprint density at radius 2 is 2.03 bits per heavy atom. The lowest BCUT2D eigenvalue weighted by molar-refractivity contribution is 0.205. The fourth-order valence-corrected chi connectivity index (χ4v) is 4.08. The molecule has 9 heteroatoms. The van der Waals surface area contributed by atoms with Crippen LogP contribution in [0.4, 0.5) is 4.39 Å². The molecule has 2 rings (SSSR count). The Kier molecular flexibility index (Phi) is 9.16. The van der Waals surface area contributed by atoms with Crippen LogP contribution < -0.4 is 15.4 Å². The van der Waals surface area contributed by atoms with Crippen molar-refractivity contribution in [2.24, 2.45) is 10.9 Å². The van der Waals surface area contributed by atoms with Crippen molar-refractivity contribution in [3.05, 3.63) is 30.1 Å². The quantitative estimate of drug-likeness (QED) is 0.465. The monoisotopic (exact) mass is 428 g/mol. The highest BCUT2D eigenvalue weighted by molar-refractivity contribution is 7.88. The number of ether oxygens (including phenoxy) is 1. The zero-order chi connectivity index (χ0) is 21.3. The highest BCUT2D eigenvalue weighted by Crippen LogP contribution is 2.18. The number of rotatable bonds is 9. The molecule has 1 aliphatic rings. The van der Waals surface area contributed by atoms with Gasteiger partial charge in [0.05, 0.1) is 12.8 Å². The zero-order valence-electron chi connectivity index (χ0n) is 17.5. The van der Waals surface area contributed by atoms with Gasteiger partial charge in [0.2, 0.25) is 10.0 Å². The van der Waals surface area contributed by atoms with Gasteiger partial charge in [0.1, 0.15) is 17.7 Å². The van der Waals surface area contributed by atoms with E-state index in [0.717, 1.165) is 32.4 Å². The standard InChI is InChI=1S/C20H33FN4O3S/c1-4-18(28-19-8-6-7-17(21)13-19)15-24-20(22-5-2)23-14-16-9-11-25(12-10-16)29(3,26)27/h6-8,13,16,18H,4-5,9-12,14-15H2,1-3H3,(H2,22,23,24). The number of guanidine groups is 1. The average molecular weight is 429 g/mol.